The molecule has 106 valence electrons. The van der Waals surface area contributed by atoms with Crippen molar-refractivity contribution in [2.45, 2.75) is 6.10 Å². The van der Waals surface area contributed by atoms with Crippen molar-refractivity contribution in [2.75, 3.05) is 14.2 Å². The van der Waals surface area contributed by atoms with Crippen molar-refractivity contribution in [3.05, 3.63) is 57.6 Å². The van der Waals surface area contributed by atoms with E-state index in [1.165, 1.54) is 0 Å². The second kappa shape index (κ2) is 6.35. The van der Waals surface area contributed by atoms with Crippen LogP contribution in [0.5, 0.6) is 11.5 Å². The summed E-state index contributed by atoms with van der Waals surface area (Å²) in [6.07, 6.45) is -0.856. The Morgan fingerprint density at radius 2 is 1.70 bits per heavy atom. The van der Waals surface area contributed by atoms with Crippen molar-refractivity contribution in [1.29, 1.82) is 0 Å². The molecule has 2 aromatic carbocycles. The van der Waals surface area contributed by atoms with Crippen molar-refractivity contribution in [1.82, 2.24) is 0 Å². The molecule has 0 fully saturated rings. The van der Waals surface area contributed by atoms with Crippen molar-refractivity contribution in [3.8, 4) is 11.5 Å². The summed E-state index contributed by atoms with van der Waals surface area (Å²) in [4.78, 5) is 0. The zero-order valence-electron chi connectivity index (χ0n) is 11.1. The lowest BCUT2D eigenvalue weighted by Gasteiger charge is -2.16. The normalized spacial score (nSPS) is 12.1. The zero-order chi connectivity index (χ0) is 14.7. The zero-order valence-corrected chi connectivity index (χ0v) is 12.6. The summed E-state index contributed by atoms with van der Waals surface area (Å²) >= 11 is 11.8. The van der Waals surface area contributed by atoms with E-state index in [1.807, 2.05) is 0 Å². The minimum atomic E-state index is -0.856. The first kappa shape index (κ1) is 15.0. The van der Waals surface area contributed by atoms with Crippen LogP contribution in [-0.2, 0) is 0 Å². The molecular formula is C15H14Cl2O3. The molecule has 0 aliphatic heterocycles. The van der Waals surface area contributed by atoms with Gasteiger partial charge in [-0.05, 0) is 29.8 Å². The van der Waals surface area contributed by atoms with E-state index < -0.39 is 6.10 Å². The molecule has 0 radical (unpaired) electrons. The number of aliphatic hydroxyl groups is 1. The second-order valence-corrected chi connectivity index (χ2v) is 5.00. The standard InChI is InChI=1S/C15H14Cl2O3/c1-19-10-4-5-11(14(8-10)20-2)15(18)9-3-6-12(16)13(17)7-9/h3-8,15,18H,1-2H3/t15-/m1/s1. The van der Waals surface area contributed by atoms with Gasteiger partial charge < -0.3 is 14.6 Å². The first-order valence-electron chi connectivity index (χ1n) is 5.91. The van der Waals surface area contributed by atoms with E-state index >= 15 is 0 Å². The van der Waals surface area contributed by atoms with Crippen molar-refractivity contribution >= 4 is 23.2 Å². The molecule has 1 N–H and O–H groups in total. The van der Waals surface area contributed by atoms with Crippen LogP contribution >= 0.6 is 23.2 Å². The smallest absolute Gasteiger partial charge is 0.128 e. The molecule has 0 amide bonds. The molecule has 0 unspecified atom stereocenters. The number of ether oxygens (including phenoxy) is 2. The average Bonchev–Trinajstić information content (AvgIpc) is 2.48. The second-order valence-electron chi connectivity index (χ2n) is 4.18. The Labute approximate surface area is 127 Å². The third-order valence-corrected chi connectivity index (χ3v) is 3.73. The minimum Gasteiger partial charge on any atom is -0.497 e. The van der Waals surface area contributed by atoms with Crippen molar-refractivity contribution in [2.24, 2.45) is 0 Å². The van der Waals surface area contributed by atoms with Gasteiger partial charge in [0, 0.05) is 11.6 Å². The Morgan fingerprint density at radius 3 is 2.30 bits per heavy atom. The quantitative estimate of drug-likeness (QED) is 0.924. The predicted octanol–water partition coefficient (Wildman–Crippen LogP) is 4.09. The third kappa shape index (κ3) is 3.01. The van der Waals surface area contributed by atoms with Gasteiger partial charge in [0.05, 0.1) is 24.3 Å². The molecule has 0 spiro atoms. The molecule has 0 aromatic heterocycles. The lowest BCUT2D eigenvalue weighted by atomic mass is 10.0. The highest BCUT2D eigenvalue weighted by Crippen LogP contribution is 2.34. The summed E-state index contributed by atoms with van der Waals surface area (Å²) < 4.78 is 10.4. The Bertz CT molecular complexity index is 614. The van der Waals surface area contributed by atoms with Crippen LogP contribution in [0.15, 0.2) is 36.4 Å². The molecule has 0 saturated heterocycles. The van der Waals surface area contributed by atoms with Gasteiger partial charge in [-0.15, -0.1) is 0 Å². The molecule has 3 nitrogen and oxygen atoms in total. The van der Waals surface area contributed by atoms with Gasteiger partial charge in [0.15, 0.2) is 0 Å². The van der Waals surface area contributed by atoms with Gasteiger partial charge in [-0.1, -0.05) is 29.3 Å². The Kier molecular flexibility index (Phi) is 4.76. The highest BCUT2D eigenvalue weighted by Gasteiger charge is 2.17. The average molecular weight is 313 g/mol. The van der Waals surface area contributed by atoms with E-state index in [9.17, 15) is 5.11 Å². The summed E-state index contributed by atoms with van der Waals surface area (Å²) in [6.45, 7) is 0. The molecule has 0 heterocycles. The maximum Gasteiger partial charge on any atom is 0.128 e. The number of aliphatic hydroxyl groups excluding tert-OH is 1. The molecule has 2 rings (SSSR count). The van der Waals surface area contributed by atoms with Crippen LogP contribution in [0.2, 0.25) is 10.0 Å². The van der Waals surface area contributed by atoms with Gasteiger partial charge >= 0.3 is 0 Å². The lowest BCUT2D eigenvalue weighted by Crippen LogP contribution is -2.03. The van der Waals surface area contributed by atoms with E-state index in [0.717, 1.165) is 0 Å². The molecule has 5 heteroatoms. The van der Waals surface area contributed by atoms with Crippen LogP contribution in [0.3, 0.4) is 0 Å². The van der Waals surface area contributed by atoms with E-state index in [4.69, 9.17) is 32.7 Å². The highest BCUT2D eigenvalue weighted by atomic mass is 35.5. The van der Waals surface area contributed by atoms with E-state index in [1.54, 1.807) is 50.6 Å². The SMILES string of the molecule is COc1ccc([C@H](O)c2ccc(Cl)c(Cl)c2)c(OC)c1. The summed E-state index contributed by atoms with van der Waals surface area (Å²) in [5, 5.41) is 11.3. The number of hydrogen-bond donors (Lipinski definition) is 1. The largest absolute Gasteiger partial charge is 0.497 e. The monoisotopic (exact) mass is 312 g/mol. The van der Waals surface area contributed by atoms with Crippen LogP contribution in [0.1, 0.15) is 17.2 Å². The van der Waals surface area contributed by atoms with Gasteiger partial charge in [0.1, 0.15) is 17.6 Å². The summed E-state index contributed by atoms with van der Waals surface area (Å²) in [5.41, 5.74) is 1.27. The molecule has 0 aliphatic carbocycles. The van der Waals surface area contributed by atoms with Crippen LogP contribution in [0.25, 0.3) is 0 Å². The van der Waals surface area contributed by atoms with Gasteiger partial charge in [0.2, 0.25) is 0 Å². The van der Waals surface area contributed by atoms with E-state index in [-0.39, 0.29) is 0 Å². The van der Waals surface area contributed by atoms with Crippen molar-refractivity contribution in [3.63, 3.8) is 0 Å². The number of halogens is 2. The highest BCUT2D eigenvalue weighted by molar-refractivity contribution is 6.42. The number of rotatable bonds is 4. The lowest BCUT2D eigenvalue weighted by molar-refractivity contribution is 0.214. The Morgan fingerprint density at radius 1 is 0.950 bits per heavy atom. The molecule has 2 aromatic rings. The third-order valence-electron chi connectivity index (χ3n) is 2.99. The van der Waals surface area contributed by atoms with Gasteiger partial charge in [-0.2, -0.15) is 0 Å². The first-order valence-corrected chi connectivity index (χ1v) is 6.67. The van der Waals surface area contributed by atoms with Gasteiger partial charge in [-0.25, -0.2) is 0 Å². The van der Waals surface area contributed by atoms with Crippen molar-refractivity contribution < 1.29 is 14.6 Å². The molecule has 0 aliphatic rings. The molecule has 20 heavy (non-hydrogen) atoms. The Hall–Kier alpha value is -1.42. The molecule has 0 bridgehead atoms. The summed E-state index contributed by atoms with van der Waals surface area (Å²) in [5.74, 6) is 1.20. The predicted molar refractivity (Wildman–Crippen MR) is 80.1 cm³/mol. The molecule has 0 saturated carbocycles. The van der Waals surface area contributed by atoms with Gasteiger partial charge in [0.25, 0.3) is 0 Å². The number of hydrogen-bond acceptors (Lipinski definition) is 3. The van der Waals surface area contributed by atoms with Crippen LogP contribution in [0, 0.1) is 0 Å². The fourth-order valence-corrected chi connectivity index (χ4v) is 2.21. The van der Waals surface area contributed by atoms with Gasteiger partial charge in [-0.3, -0.25) is 0 Å². The fraction of sp³-hybridized carbons (Fsp3) is 0.200. The van der Waals surface area contributed by atoms with Crippen LogP contribution in [0.4, 0.5) is 0 Å². The molecular weight excluding hydrogens is 299 g/mol. The maximum atomic E-state index is 10.5. The topological polar surface area (TPSA) is 38.7 Å². The summed E-state index contributed by atoms with van der Waals surface area (Å²) in [7, 11) is 3.11. The first-order chi connectivity index (χ1) is 9.56. The summed E-state index contributed by atoms with van der Waals surface area (Å²) in [6, 6.07) is 10.2. The number of methoxy groups -OCH3 is 2. The fourth-order valence-electron chi connectivity index (χ4n) is 1.91. The number of benzene rings is 2. The maximum absolute atomic E-state index is 10.5. The van der Waals surface area contributed by atoms with E-state index in [0.29, 0.717) is 32.7 Å². The molecule has 1 atom stereocenters. The van der Waals surface area contributed by atoms with Crippen LogP contribution in [-0.4, -0.2) is 19.3 Å². The van der Waals surface area contributed by atoms with Crippen LogP contribution < -0.4 is 9.47 Å². The Balaban J connectivity index is 2.41. The van der Waals surface area contributed by atoms with E-state index in [2.05, 4.69) is 0 Å². The minimum absolute atomic E-state index is 0.399.